The molecule has 0 radical (unpaired) electrons. The highest BCUT2D eigenvalue weighted by atomic mass is 32.2. The predicted molar refractivity (Wildman–Crippen MR) is 74.1 cm³/mol. The number of thioether (sulfide) groups is 1. The lowest BCUT2D eigenvalue weighted by atomic mass is 9.82. The minimum Gasteiger partial charge on any atom is -0.382 e. The van der Waals surface area contributed by atoms with Crippen LogP contribution in [-0.4, -0.2) is 42.7 Å². The SMILES string of the molecule is CCOCCCC(=O)C1CCOC2(CCSC2)C1. The van der Waals surface area contributed by atoms with Crippen molar-refractivity contribution in [2.24, 2.45) is 5.92 Å². The van der Waals surface area contributed by atoms with Gasteiger partial charge in [0.15, 0.2) is 0 Å². The fourth-order valence-electron chi connectivity index (χ4n) is 2.86. The maximum atomic E-state index is 12.2. The third-order valence-electron chi connectivity index (χ3n) is 3.93. The van der Waals surface area contributed by atoms with Crippen molar-refractivity contribution in [1.82, 2.24) is 0 Å². The van der Waals surface area contributed by atoms with Crippen molar-refractivity contribution < 1.29 is 14.3 Å². The molecule has 0 N–H and O–H groups in total. The second kappa shape index (κ2) is 6.92. The molecule has 4 heteroatoms. The topological polar surface area (TPSA) is 35.5 Å². The van der Waals surface area contributed by atoms with Crippen molar-refractivity contribution in [3.63, 3.8) is 0 Å². The number of carbonyl (C=O) groups excluding carboxylic acids is 1. The molecule has 2 aliphatic heterocycles. The second-order valence-corrected chi connectivity index (χ2v) is 6.40. The standard InChI is InChI=1S/C14H24O3S/c1-2-16-7-3-4-13(15)12-5-8-17-14(10-12)6-9-18-11-14/h12H,2-11H2,1H3. The van der Waals surface area contributed by atoms with Gasteiger partial charge in [0.25, 0.3) is 0 Å². The quantitative estimate of drug-likeness (QED) is 0.696. The van der Waals surface area contributed by atoms with Crippen LogP contribution in [-0.2, 0) is 14.3 Å². The van der Waals surface area contributed by atoms with Crippen LogP contribution in [0.2, 0.25) is 0 Å². The highest BCUT2D eigenvalue weighted by molar-refractivity contribution is 7.99. The van der Waals surface area contributed by atoms with Gasteiger partial charge in [-0.25, -0.2) is 0 Å². The van der Waals surface area contributed by atoms with Gasteiger partial charge in [0.1, 0.15) is 5.78 Å². The molecule has 0 aromatic heterocycles. The molecule has 2 fully saturated rings. The van der Waals surface area contributed by atoms with Crippen LogP contribution in [0, 0.1) is 5.92 Å². The zero-order valence-corrected chi connectivity index (χ0v) is 12.1. The van der Waals surface area contributed by atoms with Gasteiger partial charge in [0, 0.05) is 37.9 Å². The lowest BCUT2D eigenvalue weighted by Crippen LogP contribution is -2.42. The molecule has 2 unspecified atom stereocenters. The molecule has 104 valence electrons. The molecular weight excluding hydrogens is 248 g/mol. The van der Waals surface area contributed by atoms with Gasteiger partial charge in [-0.1, -0.05) is 0 Å². The Bertz CT molecular complexity index is 274. The number of ether oxygens (including phenoxy) is 2. The van der Waals surface area contributed by atoms with E-state index in [0.717, 1.165) is 44.6 Å². The van der Waals surface area contributed by atoms with Gasteiger partial charge in [-0.15, -0.1) is 0 Å². The van der Waals surface area contributed by atoms with Crippen LogP contribution in [0.3, 0.4) is 0 Å². The minimum absolute atomic E-state index is 0.0309. The summed E-state index contributed by atoms with van der Waals surface area (Å²) in [6.45, 7) is 4.21. The summed E-state index contributed by atoms with van der Waals surface area (Å²) in [5.41, 5.74) is 0.0309. The van der Waals surface area contributed by atoms with Crippen molar-refractivity contribution >= 4 is 17.5 Å². The highest BCUT2D eigenvalue weighted by Crippen LogP contribution is 2.40. The zero-order chi connectivity index (χ0) is 12.8. The summed E-state index contributed by atoms with van der Waals surface area (Å²) in [7, 11) is 0. The average Bonchev–Trinajstić information content (AvgIpc) is 2.82. The van der Waals surface area contributed by atoms with Gasteiger partial charge in [-0.2, -0.15) is 11.8 Å². The smallest absolute Gasteiger partial charge is 0.136 e. The van der Waals surface area contributed by atoms with Crippen LogP contribution < -0.4 is 0 Å². The van der Waals surface area contributed by atoms with Crippen LogP contribution in [0.5, 0.6) is 0 Å². The summed E-state index contributed by atoms with van der Waals surface area (Å²) < 4.78 is 11.2. The number of carbonyl (C=O) groups is 1. The molecule has 0 amide bonds. The fraction of sp³-hybridized carbons (Fsp3) is 0.929. The van der Waals surface area contributed by atoms with Gasteiger partial charge in [-0.3, -0.25) is 4.79 Å². The first kappa shape index (κ1) is 14.4. The maximum absolute atomic E-state index is 12.2. The first-order chi connectivity index (χ1) is 8.76. The first-order valence-corrected chi connectivity index (χ1v) is 8.23. The number of ketones is 1. The van der Waals surface area contributed by atoms with Crippen molar-refractivity contribution in [1.29, 1.82) is 0 Å². The van der Waals surface area contributed by atoms with Gasteiger partial charge >= 0.3 is 0 Å². The Morgan fingerprint density at radius 2 is 2.44 bits per heavy atom. The first-order valence-electron chi connectivity index (χ1n) is 7.08. The number of hydrogen-bond acceptors (Lipinski definition) is 4. The molecule has 2 atom stereocenters. The van der Waals surface area contributed by atoms with Crippen LogP contribution in [0.4, 0.5) is 0 Å². The molecule has 1 spiro atoms. The van der Waals surface area contributed by atoms with Crippen molar-refractivity contribution in [3.05, 3.63) is 0 Å². The molecule has 0 bridgehead atoms. The predicted octanol–water partition coefficient (Wildman–Crippen LogP) is 2.67. The summed E-state index contributed by atoms with van der Waals surface area (Å²) in [4.78, 5) is 12.2. The molecule has 18 heavy (non-hydrogen) atoms. The molecule has 0 aromatic rings. The van der Waals surface area contributed by atoms with E-state index in [9.17, 15) is 4.79 Å². The van der Waals surface area contributed by atoms with Crippen LogP contribution in [0.15, 0.2) is 0 Å². The van der Waals surface area contributed by atoms with E-state index in [-0.39, 0.29) is 11.5 Å². The van der Waals surface area contributed by atoms with E-state index in [1.165, 1.54) is 5.75 Å². The molecule has 0 saturated carbocycles. The molecule has 2 rings (SSSR count). The summed E-state index contributed by atoms with van der Waals surface area (Å²) in [5, 5.41) is 0. The third kappa shape index (κ3) is 3.72. The highest BCUT2D eigenvalue weighted by Gasteiger charge is 2.42. The van der Waals surface area contributed by atoms with Crippen LogP contribution in [0.1, 0.15) is 39.0 Å². The molecule has 3 nitrogen and oxygen atoms in total. The minimum atomic E-state index is 0.0309. The number of rotatable bonds is 6. The van der Waals surface area contributed by atoms with E-state index >= 15 is 0 Å². The zero-order valence-electron chi connectivity index (χ0n) is 11.3. The molecule has 0 aliphatic carbocycles. The Morgan fingerprint density at radius 1 is 1.56 bits per heavy atom. The van der Waals surface area contributed by atoms with Gasteiger partial charge in [-0.05, 0) is 38.4 Å². The van der Waals surface area contributed by atoms with Gasteiger partial charge in [0.2, 0.25) is 0 Å². The van der Waals surface area contributed by atoms with Crippen molar-refractivity contribution in [3.8, 4) is 0 Å². The Balaban J connectivity index is 1.75. The lowest BCUT2D eigenvalue weighted by molar-refractivity contribution is -0.134. The second-order valence-electron chi connectivity index (χ2n) is 5.29. The van der Waals surface area contributed by atoms with Crippen LogP contribution in [0.25, 0.3) is 0 Å². The Hall–Kier alpha value is -0.0600. The third-order valence-corrected chi connectivity index (χ3v) is 5.15. The maximum Gasteiger partial charge on any atom is 0.136 e. The largest absolute Gasteiger partial charge is 0.382 e. The van der Waals surface area contributed by atoms with Gasteiger partial charge in [0.05, 0.1) is 5.60 Å². The summed E-state index contributed by atoms with van der Waals surface area (Å²) in [6, 6.07) is 0. The average molecular weight is 272 g/mol. The van der Waals surface area contributed by atoms with E-state index in [2.05, 4.69) is 0 Å². The monoisotopic (exact) mass is 272 g/mol. The van der Waals surface area contributed by atoms with E-state index in [0.29, 0.717) is 18.8 Å². The van der Waals surface area contributed by atoms with Crippen LogP contribution >= 0.6 is 11.8 Å². The Morgan fingerprint density at radius 3 is 3.17 bits per heavy atom. The number of Topliss-reactive ketones (excluding diaryl/α,β-unsaturated/α-hetero) is 1. The molecule has 2 heterocycles. The van der Waals surface area contributed by atoms with Crippen molar-refractivity contribution in [2.45, 2.75) is 44.6 Å². The lowest BCUT2D eigenvalue weighted by Gasteiger charge is -2.37. The normalized spacial score (nSPS) is 31.9. The van der Waals surface area contributed by atoms with E-state index in [1.54, 1.807) is 0 Å². The van der Waals surface area contributed by atoms with E-state index in [4.69, 9.17) is 9.47 Å². The summed E-state index contributed by atoms with van der Waals surface area (Å²) in [6.07, 6.45) is 4.54. The Labute approximate surface area is 114 Å². The molecule has 2 saturated heterocycles. The van der Waals surface area contributed by atoms with Gasteiger partial charge < -0.3 is 9.47 Å². The summed E-state index contributed by atoms with van der Waals surface area (Å²) in [5.74, 6) is 2.93. The fourth-order valence-corrected chi connectivity index (χ4v) is 4.24. The molecule has 2 aliphatic rings. The molecular formula is C14H24O3S. The van der Waals surface area contributed by atoms with Crippen molar-refractivity contribution in [2.75, 3.05) is 31.3 Å². The number of hydrogen-bond donors (Lipinski definition) is 0. The molecule has 0 aromatic carbocycles. The Kier molecular flexibility index (Phi) is 5.52. The van der Waals surface area contributed by atoms with E-state index < -0.39 is 0 Å². The van der Waals surface area contributed by atoms with E-state index in [1.807, 2.05) is 18.7 Å². The summed E-state index contributed by atoms with van der Waals surface area (Å²) >= 11 is 1.96.